The Bertz CT molecular complexity index is 1360. The van der Waals surface area contributed by atoms with Gasteiger partial charge in [0.1, 0.15) is 18.5 Å². The van der Waals surface area contributed by atoms with Gasteiger partial charge in [-0.05, 0) is 48.3 Å². The van der Waals surface area contributed by atoms with E-state index in [0.717, 1.165) is 47.3 Å². The van der Waals surface area contributed by atoms with Gasteiger partial charge in [-0.25, -0.2) is 4.98 Å². The molecule has 0 spiro atoms. The van der Waals surface area contributed by atoms with Crippen molar-refractivity contribution >= 4 is 17.6 Å². The van der Waals surface area contributed by atoms with Gasteiger partial charge in [0, 0.05) is 18.5 Å². The molecule has 0 radical (unpaired) electrons. The van der Waals surface area contributed by atoms with Gasteiger partial charge < -0.3 is 9.30 Å². The molecule has 2 heterocycles. The maximum absolute atomic E-state index is 12.9. The number of rotatable bonds is 12. The van der Waals surface area contributed by atoms with Crippen LogP contribution >= 0.6 is 11.6 Å². The first kappa shape index (κ1) is 28.4. The molecule has 206 valence electrons. The first-order valence-corrected chi connectivity index (χ1v) is 13.7. The maximum Gasteiger partial charge on any atom is 0.323 e. The first-order chi connectivity index (χ1) is 18.8. The molecule has 0 amide bonds. The second-order valence-electron chi connectivity index (χ2n) is 10.2. The molecular weight excluding hydrogens is 514 g/mol. The number of carbonyl (C=O) groups is 1. The lowest BCUT2D eigenvalue weighted by Crippen LogP contribution is -2.41. The first-order valence-electron chi connectivity index (χ1n) is 13.3. The molecule has 0 saturated carbocycles. The lowest BCUT2D eigenvalue weighted by Gasteiger charge is -2.25. The Balaban J connectivity index is 1.58. The van der Waals surface area contributed by atoms with Crippen molar-refractivity contribution in [2.45, 2.75) is 59.2 Å². The number of ether oxygens (including phenoxy) is 1. The average Bonchev–Trinajstić information content (AvgIpc) is 3.55. The SMILES string of the molecule is CCCCc1nc(Cl)c(COC(=O)[C@H](C(C)C)N(C)C)n1Cc1ccc(-c2ccccc2-c2nn[nH]n2)cc1. The van der Waals surface area contributed by atoms with Gasteiger partial charge in [0.05, 0.1) is 5.69 Å². The predicted octanol–water partition coefficient (Wildman–Crippen LogP) is 5.40. The Labute approximate surface area is 234 Å². The van der Waals surface area contributed by atoms with E-state index >= 15 is 0 Å². The number of carbonyl (C=O) groups excluding carboxylic acids is 1. The number of halogens is 1. The van der Waals surface area contributed by atoms with Gasteiger partial charge in [-0.15, -0.1) is 10.2 Å². The number of benzene rings is 2. The van der Waals surface area contributed by atoms with E-state index in [4.69, 9.17) is 16.3 Å². The molecule has 2 aromatic heterocycles. The van der Waals surface area contributed by atoms with Crippen LogP contribution in [0, 0.1) is 5.92 Å². The Morgan fingerprint density at radius 1 is 1.10 bits per heavy atom. The molecule has 4 rings (SSSR count). The largest absolute Gasteiger partial charge is 0.458 e. The fraction of sp³-hybridized carbons (Fsp3) is 0.414. The van der Waals surface area contributed by atoms with Crippen LogP contribution in [0.25, 0.3) is 22.5 Å². The van der Waals surface area contributed by atoms with Gasteiger partial charge >= 0.3 is 5.97 Å². The maximum atomic E-state index is 12.9. The number of aromatic nitrogens is 6. The van der Waals surface area contributed by atoms with Gasteiger partial charge in [-0.1, -0.05) is 87.3 Å². The molecule has 0 saturated heterocycles. The molecule has 0 aliphatic carbocycles. The topological polar surface area (TPSA) is 102 Å². The summed E-state index contributed by atoms with van der Waals surface area (Å²) in [5, 5.41) is 14.9. The van der Waals surface area contributed by atoms with E-state index < -0.39 is 0 Å². The lowest BCUT2D eigenvalue weighted by molar-refractivity contribution is -0.152. The normalized spacial score (nSPS) is 12.3. The van der Waals surface area contributed by atoms with Crippen molar-refractivity contribution in [3.63, 3.8) is 0 Å². The van der Waals surface area contributed by atoms with Gasteiger partial charge in [-0.2, -0.15) is 5.21 Å². The Morgan fingerprint density at radius 3 is 2.44 bits per heavy atom. The second kappa shape index (κ2) is 13.0. The Morgan fingerprint density at radius 2 is 1.82 bits per heavy atom. The molecule has 4 aromatic rings. The van der Waals surface area contributed by atoms with E-state index in [-0.39, 0.29) is 24.5 Å². The lowest BCUT2D eigenvalue weighted by atomic mass is 9.98. The van der Waals surface area contributed by atoms with Crippen LogP contribution in [0.4, 0.5) is 0 Å². The molecule has 9 nitrogen and oxygen atoms in total. The van der Waals surface area contributed by atoms with E-state index in [1.165, 1.54) is 0 Å². The molecule has 0 unspecified atom stereocenters. The molecule has 0 aliphatic heterocycles. The van der Waals surface area contributed by atoms with Crippen molar-refractivity contribution in [1.82, 2.24) is 35.1 Å². The third-order valence-corrected chi connectivity index (χ3v) is 7.06. The molecule has 1 atom stereocenters. The van der Waals surface area contributed by atoms with E-state index in [9.17, 15) is 4.79 Å². The number of nitrogens with zero attached hydrogens (tertiary/aromatic N) is 6. The van der Waals surface area contributed by atoms with Crippen molar-refractivity contribution in [1.29, 1.82) is 0 Å². The standard InChI is InChI=1S/C29H36ClN7O2/c1-6-7-12-25-31-27(30)24(18-39-29(38)26(19(2)3)36(4)5)37(25)17-20-13-15-21(16-14-20)22-10-8-9-11-23(22)28-32-34-35-33-28/h8-11,13-16,19,26H,6-7,12,17-18H2,1-5H3,(H,32,33,34,35)/t26-/m0/s1. The van der Waals surface area contributed by atoms with Crippen molar-refractivity contribution in [3.8, 4) is 22.5 Å². The van der Waals surface area contributed by atoms with E-state index in [2.05, 4.69) is 61.4 Å². The number of nitrogens with one attached hydrogen (secondary N) is 1. The number of tetrazole rings is 1. The average molecular weight is 550 g/mol. The monoisotopic (exact) mass is 549 g/mol. The molecule has 39 heavy (non-hydrogen) atoms. The summed E-state index contributed by atoms with van der Waals surface area (Å²) < 4.78 is 7.86. The summed E-state index contributed by atoms with van der Waals surface area (Å²) in [5.74, 6) is 1.30. The van der Waals surface area contributed by atoms with Crippen LogP contribution in [0.2, 0.25) is 5.15 Å². The number of unbranched alkanes of at least 4 members (excludes halogenated alkanes) is 1. The Kier molecular flexibility index (Phi) is 9.48. The van der Waals surface area contributed by atoms with E-state index in [1.54, 1.807) is 0 Å². The van der Waals surface area contributed by atoms with Crippen molar-refractivity contribution in [2.24, 2.45) is 5.92 Å². The summed E-state index contributed by atoms with van der Waals surface area (Å²) in [6.45, 7) is 6.81. The molecule has 0 fully saturated rings. The second-order valence-corrected chi connectivity index (χ2v) is 10.6. The van der Waals surface area contributed by atoms with Crippen LogP contribution in [-0.4, -0.2) is 61.2 Å². The highest BCUT2D eigenvalue weighted by Crippen LogP contribution is 2.30. The summed E-state index contributed by atoms with van der Waals surface area (Å²) in [4.78, 5) is 19.4. The zero-order valence-electron chi connectivity index (χ0n) is 23.2. The van der Waals surface area contributed by atoms with Crippen LogP contribution in [0.15, 0.2) is 48.5 Å². The van der Waals surface area contributed by atoms with E-state index in [0.29, 0.717) is 23.2 Å². The van der Waals surface area contributed by atoms with Crippen LogP contribution in [0.3, 0.4) is 0 Å². The fourth-order valence-electron chi connectivity index (χ4n) is 4.84. The summed E-state index contributed by atoms with van der Waals surface area (Å²) in [5.41, 5.74) is 4.77. The molecule has 0 bridgehead atoms. The fourth-order valence-corrected chi connectivity index (χ4v) is 5.09. The summed E-state index contributed by atoms with van der Waals surface area (Å²) >= 11 is 6.60. The van der Waals surface area contributed by atoms with Crippen LogP contribution in [0.5, 0.6) is 0 Å². The third-order valence-electron chi connectivity index (χ3n) is 6.76. The predicted molar refractivity (Wildman–Crippen MR) is 152 cm³/mol. The smallest absolute Gasteiger partial charge is 0.323 e. The minimum absolute atomic E-state index is 0.0734. The van der Waals surface area contributed by atoms with Crippen LogP contribution < -0.4 is 0 Å². The molecule has 2 aromatic carbocycles. The highest BCUT2D eigenvalue weighted by molar-refractivity contribution is 6.30. The van der Waals surface area contributed by atoms with Crippen molar-refractivity contribution in [2.75, 3.05) is 14.1 Å². The van der Waals surface area contributed by atoms with E-state index in [1.807, 2.05) is 57.1 Å². The summed E-state index contributed by atoms with van der Waals surface area (Å²) in [7, 11) is 3.77. The quantitative estimate of drug-likeness (QED) is 0.236. The number of H-pyrrole nitrogens is 1. The van der Waals surface area contributed by atoms with Gasteiger partial charge in [0.15, 0.2) is 5.15 Å². The van der Waals surface area contributed by atoms with Crippen LogP contribution in [-0.2, 0) is 29.1 Å². The number of esters is 1. The highest BCUT2D eigenvalue weighted by Gasteiger charge is 2.27. The number of likely N-dealkylation sites (N-methyl/N-ethyl adjacent to an activating group) is 1. The number of imidazole rings is 1. The highest BCUT2D eigenvalue weighted by atomic mass is 35.5. The van der Waals surface area contributed by atoms with Crippen LogP contribution in [0.1, 0.15) is 50.7 Å². The van der Waals surface area contributed by atoms with Crippen molar-refractivity contribution < 1.29 is 9.53 Å². The van der Waals surface area contributed by atoms with Gasteiger partial charge in [0.25, 0.3) is 0 Å². The molecular formula is C29H36ClN7O2. The molecule has 1 N–H and O–H groups in total. The molecule has 0 aliphatic rings. The zero-order valence-corrected chi connectivity index (χ0v) is 23.9. The van der Waals surface area contributed by atoms with Crippen molar-refractivity contribution in [3.05, 3.63) is 70.8 Å². The van der Waals surface area contributed by atoms with Gasteiger partial charge in [-0.3, -0.25) is 9.69 Å². The minimum atomic E-state index is -0.331. The number of hydrogen-bond donors (Lipinski definition) is 1. The molecule has 10 heteroatoms. The number of hydrogen-bond acceptors (Lipinski definition) is 7. The number of aromatic amines is 1. The minimum Gasteiger partial charge on any atom is -0.458 e. The number of aryl methyl sites for hydroxylation is 1. The zero-order chi connectivity index (χ0) is 27.9. The summed E-state index contributed by atoms with van der Waals surface area (Å²) in [6, 6.07) is 16.0. The van der Waals surface area contributed by atoms with Gasteiger partial charge in [0.2, 0.25) is 5.82 Å². The third kappa shape index (κ3) is 6.72. The summed E-state index contributed by atoms with van der Waals surface area (Å²) in [6.07, 6.45) is 2.84. The Hall–Kier alpha value is -3.56.